The highest BCUT2D eigenvalue weighted by Crippen LogP contribution is 2.49. The van der Waals surface area contributed by atoms with Crippen LogP contribution in [0.5, 0.6) is 0 Å². The van der Waals surface area contributed by atoms with Crippen molar-refractivity contribution in [3.63, 3.8) is 0 Å². The van der Waals surface area contributed by atoms with Gasteiger partial charge in [-0.05, 0) is 23.9 Å². The van der Waals surface area contributed by atoms with E-state index in [1.807, 2.05) is 0 Å². The topological polar surface area (TPSA) is 0 Å². The zero-order valence-corrected chi connectivity index (χ0v) is 9.66. The summed E-state index contributed by atoms with van der Waals surface area (Å²) >= 11 is -1.39. The Labute approximate surface area is 108 Å². The fraction of sp³-hybridized carbons (Fsp3) is 0.333. The molecule has 0 unspecified atom stereocenters. The summed E-state index contributed by atoms with van der Waals surface area (Å²) in [5.41, 5.74) is -10.7. The summed E-state index contributed by atoms with van der Waals surface area (Å²) in [5, 5.41) is 0. The van der Waals surface area contributed by atoms with Gasteiger partial charge in [0.2, 0.25) is 0 Å². The van der Waals surface area contributed by atoms with Crippen molar-refractivity contribution in [3.8, 4) is 0 Å². The van der Waals surface area contributed by atoms with Crippen LogP contribution in [0.2, 0.25) is 0 Å². The second kappa shape index (κ2) is 5.01. The van der Waals surface area contributed by atoms with Gasteiger partial charge in [0.05, 0.1) is 5.56 Å². The molecule has 0 atom stereocenters. The van der Waals surface area contributed by atoms with Crippen LogP contribution >= 0.6 is 11.8 Å². The first-order valence-corrected chi connectivity index (χ1v) is 5.28. The van der Waals surface area contributed by atoms with Crippen molar-refractivity contribution < 1.29 is 43.9 Å². The normalized spacial score (nSPS) is 13.7. The van der Waals surface area contributed by atoms with Crippen LogP contribution in [-0.4, -0.2) is 5.51 Å². The van der Waals surface area contributed by atoms with Crippen molar-refractivity contribution in [3.05, 3.63) is 29.1 Å². The molecule has 0 aliphatic rings. The molecule has 20 heavy (non-hydrogen) atoms. The zero-order valence-electron chi connectivity index (χ0n) is 8.84. The van der Waals surface area contributed by atoms with Crippen LogP contribution in [0.15, 0.2) is 17.0 Å². The fourth-order valence-electron chi connectivity index (χ4n) is 1.33. The van der Waals surface area contributed by atoms with Gasteiger partial charge in [0.15, 0.2) is 0 Å². The quantitative estimate of drug-likeness (QED) is 0.485. The highest BCUT2D eigenvalue weighted by atomic mass is 32.2. The zero-order chi connectivity index (χ0) is 15.9. The van der Waals surface area contributed by atoms with Crippen molar-refractivity contribution in [2.24, 2.45) is 0 Å². The average Bonchev–Trinajstić information content (AvgIpc) is 2.14. The lowest BCUT2D eigenvalue weighted by Gasteiger charge is -2.19. The third-order valence-electron chi connectivity index (χ3n) is 1.91. The summed E-state index contributed by atoms with van der Waals surface area (Å²) in [6, 6.07) is -0.0856. The lowest BCUT2D eigenvalue weighted by Crippen LogP contribution is -2.20. The Bertz CT molecular complexity index is 495. The van der Waals surface area contributed by atoms with Crippen LogP contribution in [0.3, 0.4) is 0 Å². The van der Waals surface area contributed by atoms with E-state index in [0.717, 1.165) is 0 Å². The van der Waals surface area contributed by atoms with E-state index in [0.29, 0.717) is 0 Å². The van der Waals surface area contributed by atoms with E-state index >= 15 is 0 Å². The number of hydrogen-bond donors (Lipinski definition) is 0. The Morgan fingerprint density at radius 3 is 1.50 bits per heavy atom. The van der Waals surface area contributed by atoms with Gasteiger partial charge in [-0.15, -0.1) is 0 Å². The van der Waals surface area contributed by atoms with Crippen molar-refractivity contribution in [1.82, 2.24) is 0 Å². The first kappa shape index (κ1) is 16.9. The van der Waals surface area contributed by atoms with Gasteiger partial charge in [-0.2, -0.15) is 39.5 Å². The van der Waals surface area contributed by atoms with Crippen molar-refractivity contribution in [2.75, 3.05) is 0 Å². The predicted molar refractivity (Wildman–Crippen MR) is 48.3 cm³/mol. The monoisotopic (exact) mass is 332 g/mol. The van der Waals surface area contributed by atoms with E-state index in [2.05, 4.69) is 0 Å². The van der Waals surface area contributed by atoms with Crippen molar-refractivity contribution in [1.29, 1.82) is 0 Å². The Morgan fingerprint density at radius 1 is 0.700 bits per heavy atom. The molecular formula is C9H2F10S. The molecule has 0 radical (unpaired) electrons. The lowest BCUT2D eigenvalue weighted by molar-refractivity contribution is -0.165. The lowest BCUT2D eigenvalue weighted by atomic mass is 10.1. The Kier molecular flexibility index (Phi) is 4.24. The van der Waals surface area contributed by atoms with Gasteiger partial charge in [0.25, 0.3) is 0 Å². The molecule has 0 saturated carbocycles. The third-order valence-corrected chi connectivity index (χ3v) is 2.70. The van der Waals surface area contributed by atoms with Gasteiger partial charge >= 0.3 is 17.9 Å². The SMILES string of the molecule is Fc1ccc(SC(F)(F)F)c(C(F)(F)F)c1C(F)(F)F. The molecule has 0 fully saturated rings. The molecule has 1 rings (SSSR count). The maximum atomic E-state index is 13.0. The van der Waals surface area contributed by atoms with Gasteiger partial charge in [-0.25, -0.2) is 4.39 Å². The summed E-state index contributed by atoms with van der Waals surface area (Å²) in [6.07, 6.45) is -11.6. The molecular weight excluding hydrogens is 330 g/mol. The van der Waals surface area contributed by atoms with Gasteiger partial charge in [-0.1, -0.05) is 0 Å². The molecule has 0 bridgehead atoms. The highest BCUT2D eigenvalue weighted by Gasteiger charge is 2.48. The smallest absolute Gasteiger partial charge is 0.206 e. The largest absolute Gasteiger partial charge is 0.446 e. The van der Waals surface area contributed by atoms with Gasteiger partial charge in [0.1, 0.15) is 11.4 Å². The number of benzene rings is 1. The molecule has 1 aromatic rings. The molecule has 0 saturated heterocycles. The Balaban J connectivity index is 3.64. The van der Waals surface area contributed by atoms with Crippen LogP contribution in [0.25, 0.3) is 0 Å². The predicted octanol–water partition coefficient (Wildman–Crippen LogP) is 5.48. The standard InChI is InChI=1S/C9H2F10S/c10-3-1-2-4(20-9(17,18)19)6(8(14,15)16)5(3)7(11,12)13/h1-2H. The van der Waals surface area contributed by atoms with Gasteiger partial charge < -0.3 is 0 Å². The first-order valence-electron chi connectivity index (χ1n) is 4.46. The number of thioether (sulfide) groups is 1. The highest BCUT2D eigenvalue weighted by molar-refractivity contribution is 8.00. The maximum Gasteiger partial charge on any atom is 0.446 e. The fourth-order valence-corrected chi connectivity index (χ4v) is 2.03. The number of alkyl halides is 9. The van der Waals surface area contributed by atoms with Crippen molar-refractivity contribution in [2.45, 2.75) is 22.8 Å². The summed E-state index contributed by atoms with van der Waals surface area (Å²) < 4.78 is 124. The van der Waals surface area contributed by atoms with E-state index < -0.39 is 51.5 Å². The van der Waals surface area contributed by atoms with Gasteiger partial charge in [-0.3, -0.25) is 0 Å². The molecule has 0 N–H and O–H groups in total. The van der Waals surface area contributed by atoms with Crippen LogP contribution in [0, 0.1) is 5.82 Å². The Morgan fingerprint density at radius 2 is 1.15 bits per heavy atom. The molecule has 0 aromatic heterocycles. The van der Waals surface area contributed by atoms with Crippen LogP contribution in [-0.2, 0) is 12.4 Å². The summed E-state index contributed by atoms with van der Waals surface area (Å²) in [6.45, 7) is 0. The minimum Gasteiger partial charge on any atom is -0.206 e. The average molecular weight is 332 g/mol. The molecule has 0 heterocycles. The van der Waals surface area contributed by atoms with E-state index in [1.54, 1.807) is 0 Å². The van der Waals surface area contributed by atoms with Crippen molar-refractivity contribution >= 4 is 11.8 Å². The third kappa shape index (κ3) is 3.93. The van der Waals surface area contributed by atoms with E-state index in [4.69, 9.17) is 0 Å². The van der Waals surface area contributed by atoms with Crippen LogP contribution in [0.1, 0.15) is 11.1 Å². The molecule has 0 nitrogen and oxygen atoms in total. The number of halogens is 10. The van der Waals surface area contributed by atoms with Crippen LogP contribution < -0.4 is 0 Å². The molecule has 1 aromatic carbocycles. The molecule has 114 valence electrons. The van der Waals surface area contributed by atoms with E-state index in [-0.39, 0.29) is 12.1 Å². The Hall–Kier alpha value is -1.13. The number of hydrogen-bond acceptors (Lipinski definition) is 1. The van der Waals surface area contributed by atoms with E-state index in [9.17, 15) is 43.9 Å². The number of rotatable bonds is 1. The molecule has 0 aliphatic carbocycles. The maximum absolute atomic E-state index is 13.0. The minimum absolute atomic E-state index is 0.00551. The molecule has 0 aliphatic heterocycles. The molecule has 0 amide bonds. The second-order valence-electron chi connectivity index (χ2n) is 3.34. The van der Waals surface area contributed by atoms with E-state index in [1.165, 1.54) is 0 Å². The molecule has 0 spiro atoms. The van der Waals surface area contributed by atoms with Crippen LogP contribution in [0.4, 0.5) is 43.9 Å². The minimum atomic E-state index is -5.79. The summed E-state index contributed by atoms with van der Waals surface area (Å²) in [4.78, 5) is -1.77. The summed E-state index contributed by atoms with van der Waals surface area (Å²) in [7, 11) is 0. The first-order chi connectivity index (χ1) is 8.73. The van der Waals surface area contributed by atoms with Gasteiger partial charge in [0, 0.05) is 4.90 Å². The second-order valence-corrected chi connectivity index (χ2v) is 4.45. The summed E-state index contributed by atoms with van der Waals surface area (Å²) in [5.74, 6) is -2.30. The molecule has 11 heteroatoms.